The van der Waals surface area contributed by atoms with Crippen LogP contribution in [0.1, 0.15) is 13.8 Å². The Balaban J connectivity index is 2.62. The average molecular weight is 299 g/mol. The molecule has 0 radical (unpaired) electrons. The Kier molecular flexibility index (Phi) is 3.82. The SMILES string of the molecule is CC(C)Cn1c(-c2cncc(F)c2)nnc1S(N)(=O)=O. The molecule has 7 nitrogen and oxygen atoms in total. The second kappa shape index (κ2) is 5.25. The van der Waals surface area contributed by atoms with Crippen LogP contribution in [0.3, 0.4) is 0 Å². The molecule has 2 rings (SSSR count). The van der Waals surface area contributed by atoms with Gasteiger partial charge in [-0.2, -0.15) is 0 Å². The van der Waals surface area contributed by atoms with Crippen molar-refractivity contribution < 1.29 is 12.8 Å². The molecule has 0 aliphatic rings. The summed E-state index contributed by atoms with van der Waals surface area (Å²) in [6.45, 7) is 4.14. The molecule has 0 saturated carbocycles. The summed E-state index contributed by atoms with van der Waals surface area (Å²) in [5.41, 5.74) is 0.341. The molecule has 2 N–H and O–H groups in total. The molecule has 108 valence electrons. The van der Waals surface area contributed by atoms with Crippen LogP contribution in [0.15, 0.2) is 23.6 Å². The van der Waals surface area contributed by atoms with Gasteiger partial charge in [0, 0.05) is 18.3 Å². The Morgan fingerprint density at radius 1 is 1.35 bits per heavy atom. The summed E-state index contributed by atoms with van der Waals surface area (Å²) in [5.74, 6) is -0.194. The molecule has 0 amide bonds. The van der Waals surface area contributed by atoms with E-state index in [1.54, 1.807) is 0 Å². The highest BCUT2D eigenvalue weighted by Gasteiger charge is 2.22. The first kappa shape index (κ1) is 14.5. The number of hydrogen-bond acceptors (Lipinski definition) is 5. The van der Waals surface area contributed by atoms with E-state index in [1.165, 1.54) is 16.8 Å². The first-order valence-electron chi connectivity index (χ1n) is 5.86. The molecule has 0 fully saturated rings. The van der Waals surface area contributed by atoms with Crippen molar-refractivity contribution in [3.8, 4) is 11.4 Å². The third-order valence-electron chi connectivity index (χ3n) is 2.48. The quantitative estimate of drug-likeness (QED) is 0.898. The minimum absolute atomic E-state index is 0.131. The smallest absolute Gasteiger partial charge is 0.273 e. The van der Waals surface area contributed by atoms with Crippen LogP contribution in [0.4, 0.5) is 4.39 Å². The molecule has 20 heavy (non-hydrogen) atoms. The van der Waals surface area contributed by atoms with Crippen LogP contribution in [0.25, 0.3) is 11.4 Å². The molecular formula is C11H14FN5O2S. The number of nitrogens with zero attached hydrogens (tertiary/aromatic N) is 4. The van der Waals surface area contributed by atoms with Crippen LogP contribution in [0.5, 0.6) is 0 Å². The maximum atomic E-state index is 13.2. The fourth-order valence-corrected chi connectivity index (χ4v) is 2.40. The molecule has 2 aromatic rings. The highest BCUT2D eigenvalue weighted by Crippen LogP contribution is 2.21. The number of sulfonamides is 1. The van der Waals surface area contributed by atoms with Crippen molar-refractivity contribution in [2.24, 2.45) is 11.1 Å². The Bertz CT molecular complexity index is 726. The van der Waals surface area contributed by atoms with Gasteiger partial charge in [-0.05, 0) is 12.0 Å². The molecule has 0 spiro atoms. The number of nitrogens with two attached hydrogens (primary N) is 1. The minimum Gasteiger partial charge on any atom is -0.296 e. The topological polar surface area (TPSA) is 104 Å². The highest BCUT2D eigenvalue weighted by molar-refractivity contribution is 7.89. The number of aromatic nitrogens is 4. The Morgan fingerprint density at radius 2 is 2.05 bits per heavy atom. The van der Waals surface area contributed by atoms with E-state index in [-0.39, 0.29) is 16.9 Å². The van der Waals surface area contributed by atoms with E-state index in [4.69, 9.17) is 5.14 Å². The predicted molar refractivity (Wildman–Crippen MR) is 69.4 cm³/mol. The van der Waals surface area contributed by atoms with Crippen LogP contribution >= 0.6 is 0 Å². The van der Waals surface area contributed by atoms with Crippen LogP contribution in [0, 0.1) is 11.7 Å². The van der Waals surface area contributed by atoms with Gasteiger partial charge >= 0.3 is 0 Å². The average Bonchev–Trinajstić information content (AvgIpc) is 2.71. The number of hydrogen-bond donors (Lipinski definition) is 1. The number of primary sulfonamides is 1. The third kappa shape index (κ3) is 2.99. The zero-order valence-corrected chi connectivity index (χ0v) is 11.8. The highest BCUT2D eigenvalue weighted by atomic mass is 32.2. The second-order valence-corrected chi connectivity index (χ2v) is 6.20. The first-order valence-corrected chi connectivity index (χ1v) is 7.40. The van der Waals surface area contributed by atoms with Gasteiger partial charge < -0.3 is 0 Å². The minimum atomic E-state index is -4.00. The van der Waals surface area contributed by atoms with Gasteiger partial charge in [0.15, 0.2) is 5.82 Å². The van der Waals surface area contributed by atoms with Crippen LogP contribution in [0.2, 0.25) is 0 Å². The standard InChI is InChI=1S/C11H14FN5O2S/c1-7(2)6-17-10(8-3-9(12)5-14-4-8)15-16-11(17)20(13,18)19/h3-5,7H,6H2,1-2H3,(H2,13,18,19). The summed E-state index contributed by atoms with van der Waals surface area (Å²) in [6.07, 6.45) is 2.43. The van der Waals surface area contributed by atoms with Gasteiger partial charge in [0.1, 0.15) is 5.82 Å². The van der Waals surface area contributed by atoms with E-state index in [2.05, 4.69) is 15.2 Å². The van der Waals surface area contributed by atoms with E-state index in [9.17, 15) is 12.8 Å². The predicted octanol–water partition coefficient (Wildman–Crippen LogP) is 0.783. The maximum absolute atomic E-state index is 13.2. The van der Waals surface area contributed by atoms with Gasteiger partial charge in [-0.1, -0.05) is 13.8 Å². The van der Waals surface area contributed by atoms with Crippen LogP contribution < -0.4 is 5.14 Å². The van der Waals surface area contributed by atoms with Crippen molar-refractivity contribution in [2.45, 2.75) is 25.5 Å². The molecular weight excluding hydrogens is 285 g/mol. The lowest BCUT2D eigenvalue weighted by Gasteiger charge is -2.11. The van der Waals surface area contributed by atoms with Gasteiger partial charge in [0.2, 0.25) is 0 Å². The number of rotatable bonds is 4. The molecule has 2 aromatic heterocycles. The van der Waals surface area contributed by atoms with Crippen molar-refractivity contribution in [1.82, 2.24) is 19.7 Å². The van der Waals surface area contributed by atoms with Gasteiger partial charge in [-0.25, -0.2) is 17.9 Å². The van der Waals surface area contributed by atoms with Crippen LogP contribution in [-0.4, -0.2) is 28.2 Å². The fraction of sp³-hybridized carbons (Fsp3) is 0.364. The van der Waals surface area contributed by atoms with E-state index >= 15 is 0 Å². The second-order valence-electron chi connectivity index (χ2n) is 4.75. The Morgan fingerprint density at radius 3 is 2.60 bits per heavy atom. The van der Waals surface area contributed by atoms with E-state index < -0.39 is 15.8 Å². The Hall–Kier alpha value is -1.87. The molecule has 0 aromatic carbocycles. The summed E-state index contributed by atoms with van der Waals surface area (Å²) in [4.78, 5) is 3.72. The lowest BCUT2D eigenvalue weighted by Crippen LogP contribution is -2.20. The number of pyridine rings is 1. The molecule has 0 atom stereocenters. The van der Waals surface area contributed by atoms with Gasteiger partial charge in [-0.3, -0.25) is 9.55 Å². The van der Waals surface area contributed by atoms with Crippen molar-refractivity contribution in [1.29, 1.82) is 0 Å². The summed E-state index contributed by atoms with van der Waals surface area (Å²) < 4.78 is 37.6. The molecule has 0 aliphatic carbocycles. The maximum Gasteiger partial charge on any atom is 0.273 e. The van der Waals surface area contributed by atoms with E-state index in [0.29, 0.717) is 12.1 Å². The summed E-state index contributed by atoms with van der Waals surface area (Å²) in [7, 11) is -4.00. The van der Waals surface area contributed by atoms with Crippen molar-refractivity contribution in [3.63, 3.8) is 0 Å². The number of halogens is 1. The summed E-state index contributed by atoms with van der Waals surface area (Å²) >= 11 is 0. The molecule has 9 heteroatoms. The lowest BCUT2D eigenvalue weighted by atomic mass is 10.2. The first-order chi connectivity index (χ1) is 9.29. The van der Waals surface area contributed by atoms with Crippen molar-refractivity contribution >= 4 is 10.0 Å². The third-order valence-corrected chi connectivity index (χ3v) is 3.29. The van der Waals surface area contributed by atoms with Crippen molar-refractivity contribution in [3.05, 3.63) is 24.3 Å². The zero-order valence-electron chi connectivity index (χ0n) is 11.0. The summed E-state index contributed by atoms with van der Waals surface area (Å²) in [6, 6.07) is 1.21. The molecule has 0 unspecified atom stereocenters. The van der Waals surface area contributed by atoms with Crippen molar-refractivity contribution in [2.75, 3.05) is 0 Å². The lowest BCUT2D eigenvalue weighted by molar-refractivity contribution is 0.486. The summed E-state index contributed by atoms with van der Waals surface area (Å²) in [5, 5.41) is 12.2. The van der Waals surface area contributed by atoms with Crippen LogP contribution in [-0.2, 0) is 16.6 Å². The largest absolute Gasteiger partial charge is 0.296 e. The molecule has 0 aliphatic heterocycles. The van der Waals surface area contributed by atoms with E-state index in [1.807, 2.05) is 13.8 Å². The van der Waals surface area contributed by atoms with Gasteiger partial charge in [0.05, 0.1) is 6.20 Å². The molecule has 0 bridgehead atoms. The Labute approximate surface area is 115 Å². The molecule has 0 saturated heterocycles. The normalized spacial score (nSPS) is 12.1. The molecule has 2 heterocycles. The van der Waals surface area contributed by atoms with Gasteiger partial charge in [-0.15, -0.1) is 10.2 Å². The fourth-order valence-electron chi connectivity index (χ4n) is 1.78. The monoisotopic (exact) mass is 299 g/mol. The van der Waals surface area contributed by atoms with E-state index in [0.717, 1.165) is 6.20 Å². The zero-order chi connectivity index (χ0) is 14.9. The van der Waals surface area contributed by atoms with Gasteiger partial charge in [0.25, 0.3) is 15.2 Å².